The molecule has 2 aliphatic rings. The molecular formula is C23H38ClN3O. The maximum absolute atomic E-state index is 11.6. The summed E-state index contributed by atoms with van der Waals surface area (Å²) in [6, 6.07) is 9.04. The van der Waals surface area contributed by atoms with Crippen molar-refractivity contribution < 1.29 is 4.79 Å². The van der Waals surface area contributed by atoms with Gasteiger partial charge in [0.1, 0.15) is 0 Å². The standard InChI is InChI=1S/C23H37N3O.ClH/c1-23(2,3)19-11-9-18(10-12-19)20-7-5-6-8-21(20)26-15-13-25(14-16-26)17-22(27)24-4;/h5-8,18-19H,9-17H2,1-4H3,(H,24,27);1H. The number of carbonyl (C=O) groups excluding carboxylic acids is 1. The van der Waals surface area contributed by atoms with Crippen molar-refractivity contribution in [3.05, 3.63) is 29.8 Å². The highest BCUT2D eigenvalue weighted by Gasteiger charge is 2.31. The van der Waals surface area contributed by atoms with Crippen molar-refractivity contribution in [3.63, 3.8) is 0 Å². The zero-order chi connectivity index (χ0) is 19.4. The summed E-state index contributed by atoms with van der Waals surface area (Å²) in [6.45, 7) is 11.6. The van der Waals surface area contributed by atoms with E-state index in [1.165, 1.54) is 31.4 Å². The van der Waals surface area contributed by atoms with E-state index in [0.717, 1.165) is 32.1 Å². The summed E-state index contributed by atoms with van der Waals surface area (Å²) in [7, 11) is 1.71. The van der Waals surface area contributed by atoms with Gasteiger partial charge in [-0.15, -0.1) is 12.4 Å². The van der Waals surface area contributed by atoms with Crippen LogP contribution in [0, 0.1) is 11.3 Å². The van der Waals surface area contributed by atoms with Gasteiger partial charge >= 0.3 is 0 Å². The Balaban J connectivity index is 0.00000280. The minimum Gasteiger partial charge on any atom is -0.369 e. The van der Waals surface area contributed by atoms with Crippen LogP contribution >= 0.6 is 12.4 Å². The number of benzene rings is 1. The third-order valence-corrected chi connectivity index (χ3v) is 6.69. The Hall–Kier alpha value is -1.26. The van der Waals surface area contributed by atoms with Crippen LogP contribution in [0.1, 0.15) is 57.9 Å². The maximum Gasteiger partial charge on any atom is 0.233 e. The average Bonchev–Trinajstić information content (AvgIpc) is 2.68. The van der Waals surface area contributed by atoms with Crippen molar-refractivity contribution in [2.24, 2.45) is 11.3 Å². The third-order valence-electron chi connectivity index (χ3n) is 6.69. The molecule has 158 valence electrons. The van der Waals surface area contributed by atoms with Crippen LogP contribution in [-0.2, 0) is 4.79 Å². The van der Waals surface area contributed by atoms with Crippen LogP contribution in [0.3, 0.4) is 0 Å². The highest BCUT2D eigenvalue weighted by molar-refractivity contribution is 5.85. The highest BCUT2D eigenvalue weighted by atomic mass is 35.5. The number of hydrogen-bond donors (Lipinski definition) is 1. The minimum atomic E-state index is 0. The zero-order valence-electron chi connectivity index (χ0n) is 18.0. The fourth-order valence-corrected chi connectivity index (χ4v) is 4.82. The van der Waals surface area contributed by atoms with Crippen LogP contribution in [0.5, 0.6) is 0 Å². The van der Waals surface area contributed by atoms with E-state index in [9.17, 15) is 4.79 Å². The van der Waals surface area contributed by atoms with Crippen molar-refractivity contribution >= 4 is 24.0 Å². The Morgan fingerprint density at radius 3 is 2.21 bits per heavy atom. The fraction of sp³-hybridized carbons (Fsp3) is 0.696. The lowest BCUT2D eigenvalue weighted by Crippen LogP contribution is -2.49. The molecule has 0 radical (unpaired) electrons. The first kappa shape index (κ1) is 23.0. The van der Waals surface area contributed by atoms with Gasteiger partial charge in [-0.2, -0.15) is 0 Å². The van der Waals surface area contributed by atoms with Gasteiger partial charge in [0.05, 0.1) is 6.54 Å². The molecule has 1 saturated carbocycles. The summed E-state index contributed by atoms with van der Waals surface area (Å²) in [4.78, 5) is 16.4. The molecule has 5 heteroatoms. The number of anilines is 1. The van der Waals surface area contributed by atoms with Gasteiger partial charge in [0.25, 0.3) is 0 Å². The minimum absolute atomic E-state index is 0. The Kier molecular flexibility index (Phi) is 8.20. The molecule has 0 atom stereocenters. The molecule has 0 unspecified atom stereocenters. The molecule has 1 N–H and O–H groups in total. The van der Waals surface area contributed by atoms with Crippen molar-refractivity contribution in [2.45, 2.75) is 52.4 Å². The maximum atomic E-state index is 11.6. The molecule has 3 rings (SSSR count). The van der Waals surface area contributed by atoms with Crippen molar-refractivity contribution in [1.29, 1.82) is 0 Å². The summed E-state index contributed by atoms with van der Waals surface area (Å²) < 4.78 is 0. The first-order valence-corrected chi connectivity index (χ1v) is 10.7. The largest absolute Gasteiger partial charge is 0.369 e. The molecule has 28 heavy (non-hydrogen) atoms. The lowest BCUT2D eigenvalue weighted by molar-refractivity contribution is -0.121. The van der Waals surface area contributed by atoms with Crippen LogP contribution in [0.4, 0.5) is 5.69 Å². The Labute approximate surface area is 177 Å². The highest BCUT2D eigenvalue weighted by Crippen LogP contribution is 2.45. The summed E-state index contributed by atoms with van der Waals surface area (Å²) in [5.74, 6) is 1.66. The molecule has 2 fully saturated rings. The van der Waals surface area contributed by atoms with E-state index < -0.39 is 0 Å². The number of carbonyl (C=O) groups is 1. The number of halogens is 1. The number of piperazine rings is 1. The van der Waals surface area contributed by atoms with Crippen LogP contribution < -0.4 is 10.2 Å². The quantitative estimate of drug-likeness (QED) is 0.808. The predicted molar refractivity (Wildman–Crippen MR) is 121 cm³/mol. The second-order valence-corrected chi connectivity index (χ2v) is 9.41. The molecule has 1 aromatic carbocycles. The molecule has 0 spiro atoms. The van der Waals surface area contributed by atoms with Gasteiger partial charge in [-0.25, -0.2) is 0 Å². The second-order valence-electron chi connectivity index (χ2n) is 9.41. The van der Waals surface area contributed by atoms with Crippen LogP contribution in [0.15, 0.2) is 24.3 Å². The lowest BCUT2D eigenvalue weighted by Gasteiger charge is -2.40. The summed E-state index contributed by atoms with van der Waals surface area (Å²) >= 11 is 0. The summed E-state index contributed by atoms with van der Waals surface area (Å²) in [5.41, 5.74) is 3.41. The van der Waals surface area contributed by atoms with E-state index in [-0.39, 0.29) is 18.3 Å². The van der Waals surface area contributed by atoms with E-state index in [1.54, 1.807) is 12.6 Å². The number of nitrogens with zero attached hydrogens (tertiary/aromatic N) is 2. The topological polar surface area (TPSA) is 35.6 Å². The molecule has 1 aromatic rings. The molecule has 0 aromatic heterocycles. The molecule has 1 amide bonds. The molecule has 0 bridgehead atoms. The normalized spacial score (nSPS) is 23.8. The fourth-order valence-electron chi connectivity index (χ4n) is 4.82. The predicted octanol–water partition coefficient (Wildman–Crippen LogP) is 4.30. The SMILES string of the molecule is CNC(=O)CN1CCN(c2ccccc2C2CCC(C(C)(C)C)CC2)CC1.Cl. The van der Waals surface area contributed by atoms with E-state index in [1.807, 2.05) is 0 Å². The van der Waals surface area contributed by atoms with Gasteiger partial charge in [-0.3, -0.25) is 9.69 Å². The number of para-hydroxylation sites is 1. The number of amides is 1. The Morgan fingerprint density at radius 1 is 1.04 bits per heavy atom. The van der Waals surface area contributed by atoms with E-state index in [0.29, 0.717) is 17.9 Å². The molecule has 1 aliphatic carbocycles. The van der Waals surface area contributed by atoms with Gasteiger partial charge in [0.2, 0.25) is 5.91 Å². The second kappa shape index (κ2) is 9.98. The van der Waals surface area contributed by atoms with Gasteiger partial charge in [0, 0.05) is 38.9 Å². The summed E-state index contributed by atoms with van der Waals surface area (Å²) in [5, 5.41) is 2.73. The average molecular weight is 408 g/mol. The number of rotatable bonds is 4. The Morgan fingerprint density at radius 2 is 1.64 bits per heavy atom. The molecular weight excluding hydrogens is 370 g/mol. The Bertz CT molecular complexity index is 627. The van der Waals surface area contributed by atoms with Crippen molar-refractivity contribution in [3.8, 4) is 0 Å². The van der Waals surface area contributed by atoms with E-state index in [4.69, 9.17) is 0 Å². The third kappa shape index (κ3) is 5.64. The molecule has 1 saturated heterocycles. The van der Waals surface area contributed by atoms with E-state index >= 15 is 0 Å². The van der Waals surface area contributed by atoms with Crippen LogP contribution in [0.2, 0.25) is 0 Å². The molecule has 4 nitrogen and oxygen atoms in total. The number of hydrogen-bond acceptors (Lipinski definition) is 3. The molecule has 1 heterocycles. The van der Waals surface area contributed by atoms with Gasteiger partial charge in [-0.1, -0.05) is 39.0 Å². The lowest BCUT2D eigenvalue weighted by atomic mass is 9.68. The van der Waals surface area contributed by atoms with Crippen molar-refractivity contribution in [1.82, 2.24) is 10.2 Å². The van der Waals surface area contributed by atoms with Crippen LogP contribution in [-0.4, -0.2) is 50.6 Å². The smallest absolute Gasteiger partial charge is 0.233 e. The van der Waals surface area contributed by atoms with Gasteiger partial charge in [-0.05, 0) is 54.6 Å². The van der Waals surface area contributed by atoms with Crippen molar-refractivity contribution in [2.75, 3.05) is 44.7 Å². The van der Waals surface area contributed by atoms with Gasteiger partial charge in [0.15, 0.2) is 0 Å². The zero-order valence-corrected chi connectivity index (χ0v) is 18.9. The van der Waals surface area contributed by atoms with E-state index in [2.05, 4.69) is 60.2 Å². The van der Waals surface area contributed by atoms with Gasteiger partial charge < -0.3 is 10.2 Å². The number of nitrogens with one attached hydrogen (secondary N) is 1. The van der Waals surface area contributed by atoms with Crippen LogP contribution in [0.25, 0.3) is 0 Å². The first-order valence-electron chi connectivity index (χ1n) is 10.7. The summed E-state index contributed by atoms with van der Waals surface area (Å²) in [6.07, 6.45) is 5.33. The molecule has 1 aliphatic heterocycles. The first-order chi connectivity index (χ1) is 12.9. The monoisotopic (exact) mass is 407 g/mol. The number of likely N-dealkylation sites (N-methyl/N-ethyl adjacent to an activating group) is 1.